The number of quaternary nitrogens is 1. The summed E-state index contributed by atoms with van der Waals surface area (Å²) in [4.78, 5) is 13.7. The summed E-state index contributed by atoms with van der Waals surface area (Å²) < 4.78 is 13.6. The Balaban J connectivity index is 1.51. The summed E-state index contributed by atoms with van der Waals surface area (Å²) in [7, 11) is 0. The molecule has 0 radical (unpaired) electrons. The minimum absolute atomic E-state index is 0.0458. The van der Waals surface area contributed by atoms with E-state index < -0.39 is 0 Å². The predicted molar refractivity (Wildman–Crippen MR) is 83.9 cm³/mol. The third-order valence-corrected chi connectivity index (χ3v) is 5.33. The number of carbonyl (C=O) groups excluding carboxylic acids is 1. The van der Waals surface area contributed by atoms with Crippen LogP contribution in [0.2, 0.25) is 0 Å². The lowest BCUT2D eigenvalue weighted by Crippen LogP contribution is -3.18. The van der Waals surface area contributed by atoms with Gasteiger partial charge in [0.25, 0.3) is 5.91 Å². The molecule has 1 aromatic rings. The molecule has 0 spiro atoms. The maximum absolute atomic E-state index is 13.6. The Morgan fingerprint density at radius 3 is 2.82 bits per heavy atom. The molecular weight excluding hydrogens is 279 g/mol. The molecule has 0 bridgehead atoms. The molecule has 2 fully saturated rings. The first-order valence-electron chi connectivity index (χ1n) is 8.58. The van der Waals surface area contributed by atoms with Gasteiger partial charge in [-0.1, -0.05) is 24.6 Å². The number of amides is 1. The summed E-state index contributed by atoms with van der Waals surface area (Å²) in [5.74, 6) is 0.613. The average molecular weight is 305 g/mol. The van der Waals surface area contributed by atoms with Gasteiger partial charge in [-0.25, -0.2) is 4.39 Å². The largest absolute Gasteiger partial charge is 0.347 e. The van der Waals surface area contributed by atoms with Gasteiger partial charge < -0.3 is 10.2 Å². The van der Waals surface area contributed by atoms with Gasteiger partial charge in [-0.15, -0.1) is 0 Å². The van der Waals surface area contributed by atoms with Crippen molar-refractivity contribution in [3.8, 4) is 0 Å². The topological polar surface area (TPSA) is 33.5 Å². The van der Waals surface area contributed by atoms with Crippen molar-refractivity contribution in [3.63, 3.8) is 0 Å². The highest BCUT2D eigenvalue weighted by molar-refractivity contribution is 5.76. The van der Waals surface area contributed by atoms with Crippen LogP contribution in [0.5, 0.6) is 0 Å². The highest BCUT2D eigenvalue weighted by Crippen LogP contribution is 2.28. The molecule has 3 rings (SSSR count). The Hall–Kier alpha value is -1.42. The summed E-state index contributed by atoms with van der Waals surface area (Å²) >= 11 is 0. The summed E-state index contributed by atoms with van der Waals surface area (Å²) in [6.07, 6.45) is 7.84. The molecule has 1 saturated heterocycles. The van der Waals surface area contributed by atoms with Gasteiger partial charge in [0.2, 0.25) is 0 Å². The van der Waals surface area contributed by atoms with Crippen LogP contribution in [-0.2, 0) is 11.3 Å². The van der Waals surface area contributed by atoms with E-state index in [1.807, 2.05) is 0 Å². The molecule has 1 heterocycles. The minimum atomic E-state index is -0.250. The number of carbonyl (C=O) groups is 1. The fourth-order valence-electron chi connectivity index (χ4n) is 4.19. The molecule has 0 aromatic heterocycles. The molecule has 1 aliphatic carbocycles. The van der Waals surface area contributed by atoms with Crippen molar-refractivity contribution < 1.29 is 14.1 Å². The van der Waals surface area contributed by atoms with Gasteiger partial charge in [-0.3, -0.25) is 4.79 Å². The molecule has 3 atom stereocenters. The zero-order chi connectivity index (χ0) is 15.4. The van der Waals surface area contributed by atoms with Crippen molar-refractivity contribution in [2.45, 2.75) is 51.1 Å². The Labute approximate surface area is 131 Å². The summed E-state index contributed by atoms with van der Waals surface area (Å²) in [6, 6.07) is 7.29. The maximum atomic E-state index is 13.6. The molecule has 4 heteroatoms. The number of halogens is 1. The van der Waals surface area contributed by atoms with Crippen LogP contribution in [0, 0.1) is 11.7 Å². The van der Waals surface area contributed by atoms with Gasteiger partial charge in [-0.2, -0.15) is 0 Å². The Kier molecular flexibility index (Phi) is 5.08. The number of benzene rings is 1. The number of hydrogen-bond acceptors (Lipinski definition) is 1. The monoisotopic (exact) mass is 305 g/mol. The molecule has 1 aromatic carbocycles. The zero-order valence-electron chi connectivity index (χ0n) is 13.1. The molecular formula is C18H26FN2O+. The van der Waals surface area contributed by atoms with Crippen LogP contribution in [0.25, 0.3) is 0 Å². The number of fused-ring (bicyclic) bond motifs is 1. The van der Waals surface area contributed by atoms with Crippen LogP contribution in [0.4, 0.5) is 4.39 Å². The number of hydrogen-bond donors (Lipinski definition) is 2. The van der Waals surface area contributed by atoms with Crippen molar-refractivity contribution in [1.82, 2.24) is 5.32 Å². The van der Waals surface area contributed by atoms with E-state index in [1.165, 1.54) is 49.5 Å². The summed E-state index contributed by atoms with van der Waals surface area (Å²) in [5, 5.41) is 2.88. The number of nitrogens with one attached hydrogen (secondary N) is 2. The molecule has 1 aliphatic heterocycles. The third-order valence-electron chi connectivity index (χ3n) is 5.33. The Morgan fingerprint density at radius 2 is 1.95 bits per heavy atom. The van der Waals surface area contributed by atoms with Crippen LogP contribution in [0.15, 0.2) is 24.3 Å². The fourth-order valence-corrected chi connectivity index (χ4v) is 4.19. The van der Waals surface area contributed by atoms with Crippen LogP contribution in [0.1, 0.15) is 44.1 Å². The van der Waals surface area contributed by atoms with E-state index in [0.29, 0.717) is 18.2 Å². The van der Waals surface area contributed by atoms with Crippen LogP contribution in [-0.4, -0.2) is 25.0 Å². The molecule has 1 amide bonds. The Morgan fingerprint density at radius 1 is 1.18 bits per heavy atom. The highest BCUT2D eigenvalue weighted by Gasteiger charge is 2.37. The van der Waals surface area contributed by atoms with Gasteiger partial charge in [-0.05, 0) is 38.2 Å². The molecule has 1 saturated carbocycles. The second-order valence-corrected chi connectivity index (χ2v) is 6.75. The van der Waals surface area contributed by atoms with Gasteiger partial charge in [0.15, 0.2) is 6.54 Å². The Bertz CT molecular complexity index is 518. The standard InChI is InChI=1S/C18H25FN2O/c19-16-9-3-1-7-15(16)12-20-18(22)13-21-11-5-8-14-6-2-4-10-17(14)21/h1,3,7,9,14,17H,2,4-6,8,10-13H2,(H,20,22)/p+1/t14-,17-/m0/s1. The maximum Gasteiger partial charge on any atom is 0.275 e. The first-order chi connectivity index (χ1) is 10.7. The van der Waals surface area contributed by atoms with E-state index >= 15 is 0 Å². The third kappa shape index (κ3) is 3.67. The first kappa shape index (κ1) is 15.5. The molecule has 3 nitrogen and oxygen atoms in total. The average Bonchev–Trinajstić information content (AvgIpc) is 2.54. The van der Waals surface area contributed by atoms with Crippen LogP contribution < -0.4 is 10.2 Å². The number of piperidine rings is 1. The van der Waals surface area contributed by atoms with Crippen molar-refractivity contribution >= 4 is 5.91 Å². The lowest BCUT2D eigenvalue weighted by atomic mass is 9.78. The molecule has 2 aliphatic rings. The highest BCUT2D eigenvalue weighted by atomic mass is 19.1. The second-order valence-electron chi connectivity index (χ2n) is 6.75. The van der Waals surface area contributed by atoms with E-state index in [-0.39, 0.29) is 18.3 Å². The van der Waals surface area contributed by atoms with Gasteiger partial charge in [0.05, 0.1) is 12.6 Å². The van der Waals surface area contributed by atoms with Crippen LogP contribution in [0.3, 0.4) is 0 Å². The minimum Gasteiger partial charge on any atom is -0.347 e. The quantitative estimate of drug-likeness (QED) is 0.872. The first-order valence-corrected chi connectivity index (χ1v) is 8.58. The molecule has 1 unspecified atom stereocenters. The van der Waals surface area contributed by atoms with E-state index in [1.54, 1.807) is 18.2 Å². The van der Waals surface area contributed by atoms with Crippen molar-refractivity contribution in [1.29, 1.82) is 0 Å². The molecule has 2 N–H and O–H groups in total. The predicted octanol–water partition coefficient (Wildman–Crippen LogP) is 1.68. The number of rotatable bonds is 4. The SMILES string of the molecule is O=C(C[NH+]1CCC[C@@H]2CCCC[C@@H]21)NCc1ccccc1F. The van der Waals surface area contributed by atoms with E-state index in [2.05, 4.69) is 5.32 Å². The summed E-state index contributed by atoms with van der Waals surface area (Å²) in [5.41, 5.74) is 0.556. The smallest absolute Gasteiger partial charge is 0.275 e. The zero-order valence-corrected chi connectivity index (χ0v) is 13.1. The summed E-state index contributed by atoms with van der Waals surface area (Å²) in [6.45, 7) is 1.93. The second kappa shape index (κ2) is 7.23. The van der Waals surface area contributed by atoms with Crippen LogP contribution >= 0.6 is 0 Å². The fraction of sp³-hybridized carbons (Fsp3) is 0.611. The van der Waals surface area contributed by atoms with Gasteiger partial charge in [0, 0.05) is 18.0 Å². The normalized spacial score (nSPS) is 28.0. The molecule has 120 valence electrons. The van der Waals surface area contributed by atoms with E-state index in [9.17, 15) is 9.18 Å². The van der Waals surface area contributed by atoms with Crippen molar-refractivity contribution in [3.05, 3.63) is 35.6 Å². The lowest BCUT2D eigenvalue weighted by Gasteiger charge is -2.40. The van der Waals surface area contributed by atoms with Gasteiger partial charge in [0.1, 0.15) is 5.82 Å². The van der Waals surface area contributed by atoms with E-state index in [0.717, 1.165) is 12.5 Å². The lowest BCUT2D eigenvalue weighted by molar-refractivity contribution is -0.928. The van der Waals surface area contributed by atoms with Crippen molar-refractivity contribution in [2.24, 2.45) is 5.92 Å². The van der Waals surface area contributed by atoms with Gasteiger partial charge >= 0.3 is 0 Å². The molecule has 22 heavy (non-hydrogen) atoms. The van der Waals surface area contributed by atoms with E-state index in [4.69, 9.17) is 0 Å². The number of likely N-dealkylation sites (tertiary alicyclic amines) is 1. The van der Waals surface area contributed by atoms with Crippen molar-refractivity contribution in [2.75, 3.05) is 13.1 Å².